The van der Waals surface area contributed by atoms with Crippen LogP contribution in [0.15, 0.2) is 48.4 Å². The van der Waals surface area contributed by atoms with Crippen molar-refractivity contribution < 1.29 is 22.8 Å². The fourth-order valence-electron chi connectivity index (χ4n) is 4.96. The van der Waals surface area contributed by atoms with Crippen molar-refractivity contribution in [2.75, 3.05) is 32.4 Å². The first-order chi connectivity index (χ1) is 23.1. The molecule has 2 aromatic heterocycles. The highest BCUT2D eigenvalue weighted by molar-refractivity contribution is 6.12. The standard InChI is InChI=1S/C32H28FN9O3/c1-35-17-25-21-14-24(38-32(36-2)28(21)26(18-43)40-39-25)23-16-37-41(3)31(23)29-22(15-34)27(45-20-6-7-20)13-19(30(29)33)5-4-8-42-9-11-44-12-10-42/h9-14,16,20,35,40H,6-8,17H2,1-3H3,(H,36,38)/i2D3. The lowest BCUT2D eigenvalue weighted by Gasteiger charge is -2.22. The summed E-state index contributed by atoms with van der Waals surface area (Å²) in [7, 11) is 3.29. The van der Waals surface area contributed by atoms with Gasteiger partial charge >= 0.3 is 0 Å². The Morgan fingerprint density at radius 1 is 1.27 bits per heavy atom. The number of likely N-dealkylation sites (N-methyl/N-ethyl adjacent to an activating group) is 1. The summed E-state index contributed by atoms with van der Waals surface area (Å²) in [6, 6.07) is 5.15. The second kappa shape index (κ2) is 12.4. The van der Waals surface area contributed by atoms with Gasteiger partial charge in [0.25, 0.3) is 0 Å². The van der Waals surface area contributed by atoms with Gasteiger partial charge in [-0.15, -0.1) is 0 Å². The molecule has 1 saturated carbocycles. The maximum Gasteiger partial charge on any atom is 0.152 e. The molecule has 1 aromatic carbocycles. The molecule has 0 radical (unpaired) electrons. The minimum atomic E-state index is -2.70. The second-order valence-electron chi connectivity index (χ2n) is 10.2. The molecule has 13 heteroatoms. The van der Waals surface area contributed by atoms with Crippen LogP contribution in [0.3, 0.4) is 0 Å². The summed E-state index contributed by atoms with van der Waals surface area (Å²) >= 11 is 0. The molecule has 0 unspecified atom stereocenters. The molecule has 0 bridgehead atoms. The Balaban J connectivity index is 1.56. The van der Waals surface area contributed by atoms with E-state index in [0.717, 1.165) is 12.8 Å². The minimum Gasteiger partial charge on any atom is -0.489 e. The predicted molar refractivity (Wildman–Crippen MR) is 165 cm³/mol. The second-order valence-corrected chi connectivity index (χ2v) is 10.2. The van der Waals surface area contributed by atoms with E-state index < -0.39 is 12.8 Å². The van der Waals surface area contributed by atoms with Crippen LogP contribution in [0.5, 0.6) is 5.75 Å². The van der Waals surface area contributed by atoms with Crippen LogP contribution < -0.4 is 20.8 Å². The Labute approximate surface area is 262 Å². The lowest BCUT2D eigenvalue weighted by Crippen LogP contribution is -2.28. The number of hydrazone groups is 1. The summed E-state index contributed by atoms with van der Waals surface area (Å²) in [6.07, 6.45) is 9.25. The molecule has 226 valence electrons. The van der Waals surface area contributed by atoms with E-state index >= 15 is 4.39 Å². The molecule has 2 aliphatic heterocycles. The van der Waals surface area contributed by atoms with Crippen LogP contribution >= 0.6 is 0 Å². The molecule has 1 fully saturated rings. The number of aryl methyl sites for hydroxylation is 1. The average molecular weight is 609 g/mol. The fraction of sp³-hybridized carbons (Fsp3) is 0.250. The number of pyridine rings is 1. The van der Waals surface area contributed by atoms with E-state index in [1.165, 1.54) is 29.5 Å². The molecule has 12 nitrogen and oxygen atoms in total. The van der Waals surface area contributed by atoms with Crippen molar-refractivity contribution in [2.45, 2.75) is 18.9 Å². The fourth-order valence-corrected chi connectivity index (χ4v) is 4.96. The molecule has 0 saturated heterocycles. The Bertz CT molecular complexity index is 2030. The van der Waals surface area contributed by atoms with E-state index in [1.807, 2.05) is 0 Å². The summed E-state index contributed by atoms with van der Waals surface area (Å²) in [5.41, 5.74) is 3.95. The highest BCUT2D eigenvalue weighted by Crippen LogP contribution is 2.42. The lowest BCUT2D eigenvalue weighted by atomic mass is 9.94. The van der Waals surface area contributed by atoms with Gasteiger partial charge in [-0.2, -0.15) is 15.5 Å². The molecule has 3 aromatic rings. The number of nitriles is 1. The van der Waals surface area contributed by atoms with Crippen LogP contribution in [-0.2, 0) is 16.6 Å². The average Bonchev–Trinajstić information content (AvgIpc) is 3.80. The Hall–Kier alpha value is -5.88. The SMILES string of the molecule is [2H]C([2H])([2H])Nc1nc(-c2cnn(C)c2-c2c(F)c(C#CCN3C=COC=C3)cc(OC3CC3)c2C#N)cc2c1C(=C=O)NN=C2CNC. The predicted octanol–water partition coefficient (Wildman–Crippen LogP) is 3.07. The van der Waals surface area contributed by atoms with Gasteiger partial charge in [0.1, 0.15) is 41.5 Å². The third-order valence-electron chi connectivity index (χ3n) is 7.20. The van der Waals surface area contributed by atoms with Crippen molar-refractivity contribution >= 4 is 23.2 Å². The van der Waals surface area contributed by atoms with E-state index in [0.29, 0.717) is 11.3 Å². The maximum absolute atomic E-state index is 16.7. The topological polar surface area (TPSA) is 142 Å². The zero-order valence-electron chi connectivity index (χ0n) is 27.2. The molecule has 0 spiro atoms. The minimum absolute atomic E-state index is 0.00597. The van der Waals surface area contributed by atoms with Gasteiger partial charge in [0.15, 0.2) is 11.6 Å². The first kappa shape index (κ1) is 25.6. The molecule has 1 aliphatic carbocycles. The van der Waals surface area contributed by atoms with Crippen molar-refractivity contribution in [1.82, 2.24) is 30.4 Å². The number of rotatable bonds is 8. The highest BCUT2D eigenvalue weighted by Gasteiger charge is 2.31. The number of benzene rings is 1. The summed E-state index contributed by atoms with van der Waals surface area (Å²) in [4.78, 5) is 18.2. The van der Waals surface area contributed by atoms with E-state index in [1.54, 1.807) is 43.4 Å². The number of aromatic nitrogens is 3. The van der Waals surface area contributed by atoms with Crippen molar-refractivity contribution in [1.29, 1.82) is 5.26 Å². The Morgan fingerprint density at radius 3 is 2.80 bits per heavy atom. The number of halogens is 1. The monoisotopic (exact) mass is 608 g/mol. The summed E-state index contributed by atoms with van der Waals surface area (Å²) in [6.45, 7) is -2.21. The van der Waals surface area contributed by atoms with Gasteiger partial charge < -0.3 is 25.0 Å². The van der Waals surface area contributed by atoms with E-state index in [-0.39, 0.29) is 75.7 Å². The first-order valence-corrected chi connectivity index (χ1v) is 13.9. The Kier molecular flexibility index (Phi) is 7.05. The number of hydrogen-bond donors (Lipinski definition) is 3. The molecule has 3 N–H and O–H groups in total. The van der Waals surface area contributed by atoms with E-state index in [2.05, 4.69) is 49.2 Å². The normalized spacial score (nSPS) is 16.0. The van der Waals surface area contributed by atoms with Crippen LogP contribution in [0, 0.1) is 29.0 Å². The number of carbonyl (C=O) groups excluding carboxylic acids is 1. The van der Waals surface area contributed by atoms with Crippen molar-refractivity contribution in [2.24, 2.45) is 12.1 Å². The zero-order chi connectivity index (χ0) is 34.0. The van der Waals surface area contributed by atoms with Crippen LogP contribution in [0.25, 0.3) is 28.2 Å². The number of anilines is 1. The van der Waals surface area contributed by atoms with Crippen LogP contribution in [0.1, 0.15) is 39.2 Å². The number of fused-ring (bicyclic) bond motifs is 1. The zero-order valence-corrected chi connectivity index (χ0v) is 24.2. The molecule has 3 aliphatic rings. The van der Waals surface area contributed by atoms with E-state index in [4.69, 9.17) is 13.6 Å². The van der Waals surface area contributed by atoms with Gasteiger partial charge in [0, 0.05) is 54.3 Å². The van der Waals surface area contributed by atoms with Crippen molar-refractivity contribution in [3.8, 4) is 46.2 Å². The number of hydrogen-bond acceptors (Lipinski definition) is 11. The first-order valence-electron chi connectivity index (χ1n) is 15.4. The molecular weight excluding hydrogens is 577 g/mol. The highest BCUT2D eigenvalue weighted by atomic mass is 19.1. The quantitative estimate of drug-likeness (QED) is 0.258. The maximum atomic E-state index is 16.7. The van der Waals surface area contributed by atoms with Gasteiger partial charge in [0.05, 0.1) is 52.6 Å². The third-order valence-corrected chi connectivity index (χ3v) is 7.20. The van der Waals surface area contributed by atoms with Crippen molar-refractivity contribution in [3.05, 3.63) is 71.3 Å². The smallest absolute Gasteiger partial charge is 0.152 e. The summed E-state index contributed by atoms with van der Waals surface area (Å²) < 4.78 is 52.8. The van der Waals surface area contributed by atoms with E-state index in [9.17, 15) is 10.1 Å². The van der Waals surface area contributed by atoms with Gasteiger partial charge in [0.2, 0.25) is 0 Å². The lowest BCUT2D eigenvalue weighted by molar-refractivity contribution is 0.302. The molecule has 6 rings (SSSR count). The van der Waals surface area contributed by atoms with Crippen LogP contribution in [-0.4, -0.2) is 64.5 Å². The number of nitrogens with one attached hydrogen (secondary N) is 3. The summed E-state index contributed by atoms with van der Waals surface area (Å²) in [5, 5.41) is 24.4. The van der Waals surface area contributed by atoms with Gasteiger partial charge in [-0.3, -0.25) is 10.1 Å². The molecule has 4 heterocycles. The van der Waals surface area contributed by atoms with Crippen molar-refractivity contribution in [3.63, 3.8) is 0 Å². The third kappa shape index (κ3) is 5.61. The molecular formula is C32H28FN9O3. The summed E-state index contributed by atoms with van der Waals surface area (Å²) in [5.74, 6) is 6.85. The molecule has 0 atom stereocenters. The Morgan fingerprint density at radius 2 is 2.09 bits per heavy atom. The van der Waals surface area contributed by atoms with Gasteiger partial charge in [-0.1, -0.05) is 11.8 Å². The van der Waals surface area contributed by atoms with Crippen LogP contribution in [0.2, 0.25) is 0 Å². The van der Waals surface area contributed by atoms with Gasteiger partial charge in [-0.05, 0) is 26.0 Å². The van der Waals surface area contributed by atoms with Crippen LogP contribution in [0.4, 0.5) is 10.2 Å². The molecule has 45 heavy (non-hydrogen) atoms. The number of nitrogens with zero attached hydrogens (tertiary/aromatic N) is 6. The van der Waals surface area contributed by atoms with Gasteiger partial charge in [-0.25, -0.2) is 14.2 Å². The molecule has 0 amide bonds. The number of ether oxygens (including phenoxy) is 2. The largest absolute Gasteiger partial charge is 0.489 e.